The summed E-state index contributed by atoms with van der Waals surface area (Å²) in [6, 6.07) is 0.463. The molecule has 0 atom stereocenters. The van der Waals surface area contributed by atoms with Crippen LogP contribution >= 0.6 is 0 Å². The molecule has 1 N–H and O–H groups in total. The van der Waals surface area contributed by atoms with Crippen LogP contribution in [0, 0.1) is 6.92 Å². The predicted molar refractivity (Wildman–Crippen MR) is 68.2 cm³/mol. The molecule has 5 heteroatoms. The molecule has 0 bridgehead atoms. The van der Waals surface area contributed by atoms with E-state index in [0.29, 0.717) is 12.6 Å². The number of hydrogen-bond acceptors (Lipinski definition) is 5. The number of hydrogen-bond donors (Lipinski definition) is 1. The molecule has 0 aliphatic heterocycles. The molecule has 96 valence electrons. The fraction of sp³-hybridized carbons (Fsp3) is 0.667. The Morgan fingerprint density at radius 1 is 1.41 bits per heavy atom. The maximum absolute atomic E-state index is 5.47. The summed E-state index contributed by atoms with van der Waals surface area (Å²) in [4.78, 5) is 10.6. The van der Waals surface area contributed by atoms with Crippen LogP contribution in [0.3, 0.4) is 0 Å². The van der Waals surface area contributed by atoms with E-state index in [1.165, 1.54) is 0 Å². The molecule has 1 heterocycles. The molecule has 0 fully saturated rings. The van der Waals surface area contributed by atoms with E-state index < -0.39 is 0 Å². The number of nitrogens with zero attached hydrogens (tertiary/aromatic N) is 3. The van der Waals surface area contributed by atoms with Crippen molar-refractivity contribution in [2.24, 2.45) is 0 Å². The van der Waals surface area contributed by atoms with Gasteiger partial charge in [-0.3, -0.25) is 0 Å². The third kappa shape index (κ3) is 5.10. The van der Waals surface area contributed by atoms with Crippen molar-refractivity contribution in [1.29, 1.82) is 0 Å². The van der Waals surface area contributed by atoms with Gasteiger partial charge in [0.15, 0.2) is 0 Å². The van der Waals surface area contributed by atoms with Gasteiger partial charge < -0.3 is 15.0 Å². The van der Waals surface area contributed by atoms with Crippen LogP contribution in [0.2, 0.25) is 0 Å². The zero-order chi connectivity index (χ0) is 12.7. The molecule has 0 aromatic carbocycles. The second-order valence-electron chi connectivity index (χ2n) is 4.20. The first-order valence-corrected chi connectivity index (χ1v) is 5.94. The minimum Gasteiger partial charge on any atom is -0.462 e. The van der Waals surface area contributed by atoms with Crippen LogP contribution in [0.15, 0.2) is 6.20 Å². The average molecular weight is 238 g/mol. The highest BCUT2D eigenvalue weighted by Gasteiger charge is 2.03. The largest absolute Gasteiger partial charge is 0.462 e. The van der Waals surface area contributed by atoms with Crippen LogP contribution in [-0.4, -0.2) is 48.7 Å². The first kappa shape index (κ1) is 13.9. The molecule has 1 aromatic rings. The van der Waals surface area contributed by atoms with Gasteiger partial charge in [0.05, 0.1) is 0 Å². The van der Waals surface area contributed by atoms with E-state index in [4.69, 9.17) is 4.74 Å². The van der Waals surface area contributed by atoms with Crippen molar-refractivity contribution in [2.45, 2.75) is 20.4 Å². The molecular formula is C12H22N4O. The Morgan fingerprint density at radius 3 is 2.76 bits per heavy atom. The van der Waals surface area contributed by atoms with Crippen molar-refractivity contribution < 1.29 is 4.74 Å². The number of aryl methyl sites for hydroxylation is 1. The average Bonchev–Trinajstić information content (AvgIpc) is 2.27. The molecule has 0 saturated heterocycles. The lowest BCUT2D eigenvalue weighted by atomic mass is 10.2. The summed E-state index contributed by atoms with van der Waals surface area (Å²) in [6.45, 7) is 7.28. The Kier molecular flexibility index (Phi) is 5.86. The molecule has 5 nitrogen and oxygen atoms in total. The fourth-order valence-corrected chi connectivity index (χ4v) is 1.29. The van der Waals surface area contributed by atoms with Crippen molar-refractivity contribution in [2.75, 3.05) is 33.8 Å². The first-order chi connectivity index (χ1) is 8.13. The first-order valence-electron chi connectivity index (χ1n) is 5.94. The normalized spacial score (nSPS) is 10.9. The fourth-order valence-electron chi connectivity index (χ4n) is 1.29. The molecular weight excluding hydrogens is 216 g/mol. The lowest BCUT2D eigenvalue weighted by molar-refractivity contribution is 0.245. The van der Waals surface area contributed by atoms with Gasteiger partial charge in [0.25, 0.3) is 0 Å². The number of ether oxygens (including phenoxy) is 1. The Labute approximate surface area is 103 Å². The summed E-state index contributed by atoms with van der Waals surface area (Å²) in [5, 5.41) is 3.26. The van der Waals surface area contributed by atoms with Gasteiger partial charge in [-0.1, -0.05) is 6.92 Å². The van der Waals surface area contributed by atoms with Crippen LogP contribution in [0.4, 0.5) is 0 Å². The molecule has 1 rings (SSSR count). The summed E-state index contributed by atoms with van der Waals surface area (Å²) in [6.07, 6.45) is 1.83. The van der Waals surface area contributed by atoms with Crippen molar-refractivity contribution in [3.63, 3.8) is 0 Å². The van der Waals surface area contributed by atoms with E-state index in [-0.39, 0.29) is 0 Å². The highest BCUT2D eigenvalue weighted by Crippen LogP contribution is 2.08. The van der Waals surface area contributed by atoms with E-state index in [0.717, 1.165) is 30.9 Å². The standard InChI is InChI=1S/C12H22N4O/c1-5-13-8-11-9-14-12(15-10(11)2)17-7-6-16(3)4/h9,13H,5-8H2,1-4H3. The molecule has 0 aliphatic carbocycles. The van der Waals surface area contributed by atoms with E-state index in [2.05, 4.69) is 27.1 Å². The molecule has 0 spiro atoms. The molecule has 0 unspecified atom stereocenters. The zero-order valence-corrected chi connectivity index (χ0v) is 11.2. The SMILES string of the molecule is CCNCc1cnc(OCCN(C)C)nc1C. The predicted octanol–water partition coefficient (Wildman–Crippen LogP) is 0.835. The molecule has 1 aromatic heterocycles. The van der Waals surface area contributed by atoms with Crippen molar-refractivity contribution >= 4 is 0 Å². The monoisotopic (exact) mass is 238 g/mol. The topological polar surface area (TPSA) is 50.3 Å². The lowest BCUT2D eigenvalue weighted by Crippen LogP contribution is -2.20. The smallest absolute Gasteiger partial charge is 0.316 e. The Balaban J connectivity index is 2.50. The van der Waals surface area contributed by atoms with Crippen LogP contribution in [0.1, 0.15) is 18.2 Å². The van der Waals surface area contributed by atoms with Gasteiger partial charge in [0, 0.05) is 30.5 Å². The van der Waals surface area contributed by atoms with E-state index >= 15 is 0 Å². The van der Waals surface area contributed by atoms with Gasteiger partial charge in [0.2, 0.25) is 0 Å². The van der Waals surface area contributed by atoms with Crippen molar-refractivity contribution in [1.82, 2.24) is 20.2 Å². The van der Waals surface area contributed by atoms with Gasteiger partial charge >= 0.3 is 6.01 Å². The van der Waals surface area contributed by atoms with Gasteiger partial charge in [-0.05, 0) is 27.6 Å². The number of aromatic nitrogens is 2. The Bertz CT molecular complexity index is 341. The summed E-state index contributed by atoms with van der Waals surface area (Å²) < 4.78 is 5.47. The quantitative estimate of drug-likeness (QED) is 0.762. The number of nitrogens with one attached hydrogen (secondary N) is 1. The molecule has 0 saturated carbocycles. The van der Waals surface area contributed by atoms with Crippen LogP contribution in [0.5, 0.6) is 6.01 Å². The summed E-state index contributed by atoms with van der Waals surface area (Å²) in [7, 11) is 4.02. The van der Waals surface area contributed by atoms with Gasteiger partial charge in [-0.2, -0.15) is 0 Å². The lowest BCUT2D eigenvalue weighted by Gasteiger charge is -2.11. The van der Waals surface area contributed by atoms with Gasteiger partial charge in [-0.15, -0.1) is 0 Å². The Hall–Kier alpha value is -1.20. The highest BCUT2D eigenvalue weighted by molar-refractivity contribution is 5.17. The summed E-state index contributed by atoms with van der Waals surface area (Å²) in [5.74, 6) is 0. The third-order valence-corrected chi connectivity index (χ3v) is 2.39. The van der Waals surface area contributed by atoms with Crippen molar-refractivity contribution in [3.8, 4) is 6.01 Å². The summed E-state index contributed by atoms with van der Waals surface area (Å²) >= 11 is 0. The van der Waals surface area contributed by atoms with E-state index in [1.807, 2.05) is 27.2 Å². The molecule has 17 heavy (non-hydrogen) atoms. The minimum atomic E-state index is 0.463. The number of likely N-dealkylation sites (N-methyl/N-ethyl adjacent to an activating group) is 1. The Morgan fingerprint density at radius 2 is 2.18 bits per heavy atom. The van der Waals surface area contributed by atoms with Gasteiger partial charge in [0.1, 0.15) is 6.61 Å². The minimum absolute atomic E-state index is 0.463. The third-order valence-electron chi connectivity index (χ3n) is 2.39. The zero-order valence-electron chi connectivity index (χ0n) is 11.2. The second kappa shape index (κ2) is 7.19. The number of rotatable bonds is 7. The van der Waals surface area contributed by atoms with Crippen molar-refractivity contribution in [3.05, 3.63) is 17.5 Å². The maximum atomic E-state index is 5.47. The van der Waals surface area contributed by atoms with Crippen LogP contribution in [0.25, 0.3) is 0 Å². The second-order valence-corrected chi connectivity index (χ2v) is 4.20. The molecule has 0 radical (unpaired) electrons. The van der Waals surface area contributed by atoms with Crippen LogP contribution in [-0.2, 0) is 6.54 Å². The maximum Gasteiger partial charge on any atom is 0.316 e. The van der Waals surface area contributed by atoms with Crippen LogP contribution < -0.4 is 10.1 Å². The van der Waals surface area contributed by atoms with E-state index in [1.54, 1.807) is 0 Å². The molecule has 0 amide bonds. The molecule has 0 aliphatic rings. The highest BCUT2D eigenvalue weighted by atomic mass is 16.5. The summed E-state index contributed by atoms with van der Waals surface area (Å²) in [5.41, 5.74) is 2.09. The van der Waals surface area contributed by atoms with Gasteiger partial charge in [-0.25, -0.2) is 9.97 Å². The van der Waals surface area contributed by atoms with E-state index in [9.17, 15) is 0 Å².